The Hall–Kier alpha value is -2.87. The zero-order valence-corrected chi connectivity index (χ0v) is 28.3. The first-order valence-electron chi connectivity index (χ1n) is 17.4. The SMILES string of the molecule is CC1(C)[C@@H]2C[C@H]3OB([C@H](Cc4ccccc4)NC(=O)OC[C@H]4CCCN4C(=O)C(C#N)=CC(C)(C)N4CCCCC4)O[C@@]3(C)[C@H]1C2. The number of hydrogen-bond donors (Lipinski definition) is 1. The van der Waals surface area contributed by atoms with Crippen LogP contribution in [0.3, 0.4) is 0 Å². The van der Waals surface area contributed by atoms with E-state index in [1.165, 1.54) is 6.42 Å². The minimum absolute atomic E-state index is 0.00528. The van der Waals surface area contributed by atoms with Gasteiger partial charge in [0, 0.05) is 12.1 Å². The molecule has 9 nitrogen and oxygen atoms in total. The van der Waals surface area contributed by atoms with Crippen LogP contribution in [0.15, 0.2) is 42.0 Å². The van der Waals surface area contributed by atoms with E-state index in [4.69, 9.17) is 14.0 Å². The summed E-state index contributed by atoms with van der Waals surface area (Å²) in [6.07, 6.45) is 8.93. The van der Waals surface area contributed by atoms with E-state index in [9.17, 15) is 14.9 Å². The molecule has 3 saturated carbocycles. The molecule has 2 bridgehead atoms. The lowest BCUT2D eigenvalue weighted by molar-refractivity contribution is -0.199. The van der Waals surface area contributed by atoms with Crippen molar-refractivity contribution in [3.63, 3.8) is 0 Å². The minimum Gasteiger partial charge on any atom is -0.447 e. The van der Waals surface area contributed by atoms with Crippen LogP contribution < -0.4 is 5.32 Å². The van der Waals surface area contributed by atoms with E-state index in [0.717, 1.165) is 50.8 Å². The number of carbonyl (C=O) groups is 2. The van der Waals surface area contributed by atoms with E-state index in [1.54, 1.807) is 4.90 Å². The minimum atomic E-state index is -0.589. The van der Waals surface area contributed by atoms with Crippen molar-refractivity contribution in [2.24, 2.45) is 17.3 Å². The molecular formula is C36H51BN4O5. The normalized spacial score (nSPS) is 31.4. The van der Waals surface area contributed by atoms with Crippen LogP contribution in [0.1, 0.15) is 85.1 Å². The standard InChI is InChI=1S/C36H51BN4O5/c1-34(2,40-16-10-7-11-17-40)22-26(23-38)32(42)41-18-12-15-28(41)24-44-33(43)39-31(19-25-13-8-6-9-14-25)37-45-30-21-27-20-29(35(27,3)4)36(30,5)46-37/h6,8-9,13-14,22,27-31H,7,10-12,15-21,24H2,1-5H3,(H,39,43)/t27-,28+,29-,30+,31-,36-/m0/s1. The molecular weight excluding hydrogens is 579 g/mol. The van der Waals surface area contributed by atoms with Crippen molar-refractivity contribution in [2.75, 3.05) is 26.2 Å². The average molecular weight is 631 g/mol. The number of rotatable bonds is 9. The highest BCUT2D eigenvalue weighted by molar-refractivity contribution is 6.47. The summed E-state index contributed by atoms with van der Waals surface area (Å²) in [7, 11) is -0.589. The lowest BCUT2D eigenvalue weighted by atomic mass is 9.43. The lowest BCUT2D eigenvalue weighted by Crippen LogP contribution is -2.65. The number of nitrogens with one attached hydrogen (secondary N) is 1. The molecule has 46 heavy (non-hydrogen) atoms. The number of carbonyl (C=O) groups excluding carboxylic acids is 2. The van der Waals surface area contributed by atoms with Gasteiger partial charge in [0.25, 0.3) is 5.91 Å². The molecule has 2 amide bonds. The first-order chi connectivity index (χ1) is 21.9. The molecule has 7 rings (SSSR count). The molecule has 6 fully saturated rings. The van der Waals surface area contributed by atoms with Crippen LogP contribution in [0.4, 0.5) is 4.79 Å². The molecule has 6 aliphatic rings. The number of hydrogen-bond acceptors (Lipinski definition) is 7. The number of nitrogens with zero attached hydrogens (tertiary/aromatic N) is 3. The summed E-state index contributed by atoms with van der Waals surface area (Å²) in [5, 5.41) is 13.1. The molecule has 1 aromatic rings. The molecule has 3 saturated heterocycles. The summed E-state index contributed by atoms with van der Waals surface area (Å²) in [5.41, 5.74) is 0.666. The van der Waals surface area contributed by atoms with Gasteiger partial charge in [-0.05, 0) is 108 Å². The van der Waals surface area contributed by atoms with Crippen molar-refractivity contribution < 1.29 is 23.6 Å². The second-order valence-corrected chi connectivity index (χ2v) is 15.5. The Morgan fingerprint density at radius 1 is 1.13 bits per heavy atom. The van der Waals surface area contributed by atoms with Crippen LogP contribution in [-0.4, -0.2) is 84.4 Å². The van der Waals surface area contributed by atoms with Crippen molar-refractivity contribution in [3.05, 3.63) is 47.5 Å². The van der Waals surface area contributed by atoms with E-state index in [0.29, 0.717) is 31.2 Å². The number of alkyl carbamates (subject to hydrolysis) is 1. The Labute approximate surface area is 275 Å². The number of piperidine rings is 1. The number of amides is 2. The molecule has 6 atom stereocenters. The second kappa shape index (κ2) is 13.0. The zero-order valence-electron chi connectivity index (χ0n) is 28.3. The molecule has 0 radical (unpaired) electrons. The van der Waals surface area contributed by atoms with Crippen LogP contribution >= 0.6 is 0 Å². The Morgan fingerprint density at radius 2 is 1.87 bits per heavy atom. The largest absolute Gasteiger partial charge is 0.482 e. The van der Waals surface area contributed by atoms with Crippen molar-refractivity contribution in [1.82, 2.24) is 15.1 Å². The predicted octanol–water partition coefficient (Wildman–Crippen LogP) is 5.30. The summed E-state index contributed by atoms with van der Waals surface area (Å²) in [4.78, 5) is 31.0. The van der Waals surface area contributed by atoms with Gasteiger partial charge in [-0.15, -0.1) is 0 Å². The van der Waals surface area contributed by atoms with Crippen LogP contribution in [-0.2, 0) is 25.3 Å². The lowest BCUT2D eigenvalue weighted by Gasteiger charge is -2.64. The van der Waals surface area contributed by atoms with E-state index in [1.807, 2.05) is 36.4 Å². The quantitative estimate of drug-likeness (QED) is 0.225. The molecule has 0 aromatic heterocycles. The maximum Gasteiger partial charge on any atom is 0.482 e. The summed E-state index contributed by atoms with van der Waals surface area (Å²) in [6.45, 7) is 13.5. The molecule has 10 heteroatoms. The topological polar surface area (TPSA) is 104 Å². The first-order valence-corrected chi connectivity index (χ1v) is 17.4. The van der Waals surface area contributed by atoms with Gasteiger partial charge in [0.15, 0.2) is 0 Å². The first kappa shape index (κ1) is 33.1. The maximum atomic E-state index is 13.6. The van der Waals surface area contributed by atoms with Gasteiger partial charge in [-0.1, -0.05) is 50.6 Å². The third-order valence-electron chi connectivity index (χ3n) is 12.0. The fourth-order valence-corrected chi connectivity index (χ4v) is 9.01. The number of likely N-dealkylation sites (tertiary alicyclic amines) is 2. The van der Waals surface area contributed by atoms with Crippen molar-refractivity contribution in [1.29, 1.82) is 5.26 Å². The number of benzene rings is 1. The molecule has 0 spiro atoms. The Kier molecular flexibility index (Phi) is 9.32. The zero-order chi connectivity index (χ0) is 32.7. The second-order valence-electron chi connectivity index (χ2n) is 15.5. The maximum absolute atomic E-state index is 13.6. The highest BCUT2D eigenvalue weighted by Crippen LogP contribution is 2.65. The molecule has 1 N–H and O–H groups in total. The molecule has 3 heterocycles. The van der Waals surface area contributed by atoms with Gasteiger partial charge in [-0.2, -0.15) is 5.26 Å². The molecule has 3 aliphatic carbocycles. The third-order valence-corrected chi connectivity index (χ3v) is 12.0. The van der Waals surface area contributed by atoms with Crippen LogP contribution in [0.25, 0.3) is 0 Å². The third kappa shape index (κ3) is 6.35. The number of ether oxygens (including phenoxy) is 1. The molecule has 3 aliphatic heterocycles. The van der Waals surface area contributed by atoms with Crippen LogP contribution in [0, 0.1) is 28.6 Å². The highest BCUT2D eigenvalue weighted by Gasteiger charge is 2.68. The van der Waals surface area contributed by atoms with Gasteiger partial charge >= 0.3 is 13.2 Å². The van der Waals surface area contributed by atoms with Gasteiger partial charge < -0.3 is 24.3 Å². The highest BCUT2D eigenvalue weighted by atomic mass is 16.7. The molecule has 1 aromatic carbocycles. The molecule has 248 valence electrons. The van der Waals surface area contributed by atoms with Gasteiger partial charge in [0.1, 0.15) is 18.2 Å². The summed E-state index contributed by atoms with van der Waals surface area (Å²) in [5.74, 6) is 0.324. The van der Waals surface area contributed by atoms with Crippen molar-refractivity contribution in [3.8, 4) is 6.07 Å². The molecule has 0 unspecified atom stereocenters. The predicted molar refractivity (Wildman–Crippen MR) is 176 cm³/mol. The van der Waals surface area contributed by atoms with Gasteiger partial charge in [0.05, 0.1) is 23.7 Å². The van der Waals surface area contributed by atoms with Gasteiger partial charge in [-0.3, -0.25) is 9.69 Å². The fourth-order valence-electron chi connectivity index (χ4n) is 9.01. The van der Waals surface area contributed by atoms with Gasteiger partial charge in [0.2, 0.25) is 0 Å². The Balaban J connectivity index is 1.10. The summed E-state index contributed by atoms with van der Waals surface area (Å²) < 4.78 is 19.1. The van der Waals surface area contributed by atoms with Crippen molar-refractivity contribution >= 4 is 19.1 Å². The van der Waals surface area contributed by atoms with E-state index >= 15 is 0 Å². The summed E-state index contributed by atoms with van der Waals surface area (Å²) in [6, 6.07) is 11.9. The van der Waals surface area contributed by atoms with Gasteiger partial charge in [-0.25, -0.2) is 4.79 Å². The van der Waals surface area contributed by atoms with Crippen molar-refractivity contribution in [2.45, 2.75) is 115 Å². The Bertz CT molecular complexity index is 1360. The average Bonchev–Trinajstić information content (AvgIpc) is 3.67. The number of nitriles is 1. The van der Waals surface area contributed by atoms with E-state index in [2.05, 4.69) is 50.9 Å². The van der Waals surface area contributed by atoms with Crippen LogP contribution in [0.5, 0.6) is 0 Å². The smallest absolute Gasteiger partial charge is 0.447 e. The Morgan fingerprint density at radius 3 is 2.57 bits per heavy atom. The summed E-state index contributed by atoms with van der Waals surface area (Å²) >= 11 is 0. The fraction of sp³-hybridized carbons (Fsp3) is 0.694. The monoisotopic (exact) mass is 630 g/mol. The van der Waals surface area contributed by atoms with E-state index in [-0.39, 0.29) is 41.2 Å². The van der Waals surface area contributed by atoms with Crippen LogP contribution in [0.2, 0.25) is 0 Å². The van der Waals surface area contributed by atoms with E-state index < -0.39 is 24.7 Å².